The van der Waals surface area contributed by atoms with Crippen LogP contribution >= 0.6 is 0 Å². The number of nitrogens with zero attached hydrogens (tertiary/aromatic N) is 1. The molecule has 5 heteroatoms. The fourth-order valence-electron chi connectivity index (χ4n) is 2.57. The molecule has 1 aromatic heterocycles. The molecule has 94 valence electrons. The summed E-state index contributed by atoms with van der Waals surface area (Å²) in [6, 6.07) is 0. The van der Waals surface area contributed by atoms with Crippen molar-refractivity contribution in [3.05, 3.63) is 17.0 Å². The van der Waals surface area contributed by atoms with Gasteiger partial charge in [-0.15, -0.1) is 0 Å². The molecule has 0 saturated heterocycles. The van der Waals surface area contributed by atoms with Crippen molar-refractivity contribution in [3.8, 4) is 0 Å². The lowest BCUT2D eigenvalue weighted by molar-refractivity contribution is 0.0963. The lowest BCUT2D eigenvalue weighted by Crippen LogP contribution is -2.14. The summed E-state index contributed by atoms with van der Waals surface area (Å²) in [5.74, 6) is -0.148. The summed E-state index contributed by atoms with van der Waals surface area (Å²) in [5.41, 5.74) is 6.76. The van der Waals surface area contributed by atoms with Gasteiger partial charge in [0.05, 0.1) is 5.69 Å². The first-order valence-electron chi connectivity index (χ1n) is 6.13. The van der Waals surface area contributed by atoms with E-state index in [1.165, 1.54) is 19.3 Å². The number of primary amides is 1. The number of carbonyl (C=O) groups is 1. The van der Waals surface area contributed by atoms with Crippen LogP contribution in [0.2, 0.25) is 0 Å². The van der Waals surface area contributed by atoms with Gasteiger partial charge < -0.3 is 15.4 Å². The molecule has 1 fully saturated rings. The van der Waals surface area contributed by atoms with Crippen molar-refractivity contribution >= 4 is 5.91 Å². The van der Waals surface area contributed by atoms with E-state index < -0.39 is 5.91 Å². The van der Waals surface area contributed by atoms with Crippen molar-refractivity contribution in [2.75, 3.05) is 6.61 Å². The van der Waals surface area contributed by atoms with Crippen LogP contribution in [0, 0.1) is 0 Å². The molecule has 1 aliphatic carbocycles. The summed E-state index contributed by atoms with van der Waals surface area (Å²) in [4.78, 5) is 11.2. The predicted molar refractivity (Wildman–Crippen MR) is 61.6 cm³/mol. The first kappa shape index (κ1) is 12.1. The van der Waals surface area contributed by atoms with Crippen molar-refractivity contribution in [1.29, 1.82) is 0 Å². The molecule has 1 heterocycles. The Kier molecular flexibility index (Phi) is 3.78. The summed E-state index contributed by atoms with van der Waals surface area (Å²) >= 11 is 0. The molecule has 1 amide bonds. The Morgan fingerprint density at radius 2 is 2.12 bits per heavy atom. The molecule has 0 radical (unpaired) electrons. The molecular formula is C12H18N2O3. The van der Waals surface area contributed by atoms with Crippen molar-refractivity contribution < 1.29 is 14.4 Å². The number of aromatic nitrogens is 1. The first-order chi connectivity index (χ1) is 8.24. The van der Waals surface area contributed by atoms with Crippen LogP contribution in [0.1, 0.15) is 59.8 Å². The van der Waals surface area contributed by atoms with Crippen molar-refractivity contribution in [2.24, 2.45) is 5.73 Å². The molecule has 0 aromatic carbocycles. The van der Waals surface area contributed by atoms with Gasteiger partial charge in [-0.2, -0.15) is 0 Å². The van der Waals surface area contributed by atoms with Crippen LogP contribution in [0.3, 0.4) is 0 Å². The molecule has 1 saturated carbocycles. The van der Waals surface area contributed by atoms with Gasteiger partial charge in [0.25, 0.3) is 5.91 Å². The van der Waals surface area contributed by atoms with E-state index in [2.05, 4.69) is 5.16 Å². The second-order valence-corrected chi connectivity index (χ2v) is 4.55. The zero-order chi connectivity index (χ0) is 12.3. The number of amides is 1. The van der Waals surface area contributed by atoms with E-state index in [-0.39, 0.29) is 12.4 Å². The molecular weight excluding hydrogens is 220 g/mol. The van der Waals surface area contributed by atoms with Crippen LogP contribution in [0.25, 0.3) is 0 Å². The van der Waals surface area contributed by atoms with Gasteiger partial charge in [0.15, 0.2) is 0 Å². The van der Waals surface area contributed by atoms with Gasteiger partial charge in [-0.3, -0.25) is 4.79 Å². The third kappa shape index (κ3) is 2.49. The fourth-order valence-corrected chi connectivity index (χ4v) is 2.57. The van der Waals surface area contributed by atoms with Gasteiger partial charge in [0.2, 0.25) is 5.76 Å². The van der Waals surface area contributed by atoms with Crippen LogP contribution < -0.4 is 5.73 Å². The van der Waals surface area contributed by atoms with E-state index in [0.29, 0.717) is 17.9 Å². The Bertz CT molecular complexity index is 394. The van der Waals surface area contributed by atoms with Crippen LogP contribution in [-0.4, -0.2) is 22.8 Å². The van der Waals surface area contributed by atoms with E-state index in [9.17, 15) is 4.79 Å². The Balaban J connectivity index is 2.28. The molecule has 1 aliphatic rings. The van der Waals surface area contributed by atoms with Gasteiger partial charge in [-0.1, -0.05) is 24.4 Å². The van der Waals surface area contributed by atoms with Gasteiger partial charge in [-0.05, 0) is 12.8 Å². The summed E-state index contributed by atoms with van der Waals surface area (Å²) in [6.07, 6.45) is 6.15. The summed E-state index contributed by atoms with van der Waals surface area (Å²) in [5, 5.41) is 13.0. The highest BCUT2D eigenvalue weighted by molar-refractivity contribution is 5.91. The third-order valence-electron chi connectivity index (χ3n) is 3.40. The SMILES string of the molecule is NC(=O)c1onc(C2CCCCC2)c1CCO. The fraction of sp³-hybridized carbons (Fsp3) is 0.667. The lowest BCUT2D eigenvalue weighted by atomic mass is 9.85. The highest BCUT2D eigenvalue weighted by Gasteiger charge is 2.26. The molecule has 0 aliphatic heterocycles. The van der Waals surface area contributed by atoms with E-state index in [0.717, 1.165) is 18.5 Å². The molecule has 0 spiro atoms. The average molecular weight is 238 g/mol. The quantitative estimate of drug-likeness (QED) is 0.828. The second-order valence-electron chi connectivity index (χ2n) is 4.55. The summed E-state index contributed by atoms with van der Waals surface area (Å²) < 4.78 is 5.03. The normalized spacial score (nSPS) is 17.2. The molecule has 17 heavy (non-hydrogen) atoms. The highest BCUT2D eigenvalue weighted by atomic mass is 16.5. The predicted octanol–water partition coefficient (Wildman–Crippen LogP) is 1.36. The topological polar surface area (TPSA) is 89.4 Å². The van der Waals surface area contributed by atoms with Crippen molar-refractivity contribution in [3.63, 3.8) is 0 Å². The maximum absolute atomic E-state index is 11.2. The van der Waals surface area contributed by atoms with Gasteiger partial charge in [-0.25, -0.2) is 0 Å². The highest BCUT2D eigenvalue weighted by Crippen LogP contribution is 2.34. The Morgan fingerprint density at radius 3 is 2.71 bits per heavy atom. The minimum atomic E-state index is -0.608. The number of hydrogen-bond acceptors (Lipinski definition) is 4. The number of aliphatic hydroxyl groups excluding tert-OH is 1. The number of nitrogens with two attached hydrogens (primary N) is 1. The Labute approximate surface area is 100.0 Å². The second kappa shape index (κ2) is 5.31. The van der Waals surface area contributed by atoms with Crippen LogP contribution in [0.5, 0.6) is 0 Å². The number of hydrogen-bond donors (Lipinski definition) is 2. The maximum atomic E-state index is 11.2. The average Bonchev–Trinajstić information content (AvgIpc) is 2.75. The summed E-state index contributed by atoms with van der Waals surface area (Å²) in [6.45, 7) is -0.0266. The van der Waals surface area contributed by atoms with Crippen molar-refractivity contribution in [1.82, 2.24) is 5.16 Å². The minimum Gasteiger partial charge on any atom is -0.396 e. The molecule has 0 unspecified atom stereocenters. The molecule has 3 N–H and O–H groups in total. The third-order valence-corrected chi connectivity index (χ3v) is 3.40. The lowest BCUT2D eigenvalue weighted by Gasteiger charge is -2.20. The van der Waals surface area contributed by atoms with Gasteiger partial charge >= 0.3 is 0 Å². The number of carbonyl (C=O) groups excluding carboxylic acids is 1. The Hall–Kier alpha value is -1.36. The first-order valence-corrected chi connectivity index (χ1v) is 6.13. The molecule has 1 aromatic rings. The monoisotopic (exact) mass is 238 g/mol. The minimum absolute atomic E-state index is 0.0266. The Morgan fingerprint density at radius 1 is 1.41 bits per heavy atom. The van der Waals surface area contributed by atoms with Gasteiger partial charge in [0, 0.05) is 24.5 Å². The molecule has 2 rings (SSSR count). The van der Waals surface area contributed by atoms with Gasteiger partial charge in [0.1, 0.15) is 0 Å². The van der Waals surface area contributed by atoms with Crippen LogP contribution in [-0.2, 0) is 6.42 Å². The van der Waals surface area contributed by atoms with Crippen LogP contribution in [0.4, 0.5) is 0 Å². The number of rotatable bonds is 4. The molecule has 0 bridgehead atoms. The van der Waals surface area contributed by atoms with E-state index in [1.54, 1.807) is 0 Å². The zero-order valence-electron chi connectivity index (χ0n) is 9.82. The summed E-state index contributed by atoms with van der Waals surface area (Å²) in [7, 11) is 0. The smallest absolute Gasteiger partial charge is 0.287 e. The zero-order valence-corrected chi connectivity index (χ0v) is 9.82. The molecule has 5 nitrogen and oxygen atoms in total. The van der Waals surface area contributed by atoms with Crippen LogP contribution in [0.15, 0.2) is 4.52 Å². The largest absolute Gasteiger partial charge is 0.396 e. The number of aliphatic hydroxyl groups is 1. The maximum Gasteiger partial charge on any atom is 0.287 e. The van der Waals surface area contributed by atoms with E-state index in [4.69, 9.17) is 15.4 Å². The van der Waals surface area contributed by atoms with Crippen molar-refractivity contribution in [2.45, 2.75) is 44.4 Å². The van der Waals surface area contributed by atoms with E-state index in [1.807, 2.05) is 0 Å². The van der Waals surface area contributed by atoms with E-state index >= 15 is 0 Å². The standard InChI is InChI=1S/C12H18N2O3/c13-12(16)11-9(6-7-15)10(14-17-11)8-4-2-1-3-5-8/h8,15H,1-7H2,(H2,13,16). The molecule has 0 atom stereocenters.